The van der Waals surface area contributed by atoms with Crippen LogP contribution in [-0.2, 0) is 11.2 Å². The van der Waals surface area contributed by atoms with Crippen LogP contribution < -0.4 is 5.73 Å². The van der Waals surface area contributed by atoms with Gasteiger partial charge in [-0.2, -0.15) is 0 Å². The molecule has 0 amide bonds. The summed E-state index contributed by atoms with van der Waals surface area (Å²) in [6.07, 6.45) is 2.37. The van der Waals surface area contributed by atoms with Gasteiger partial charge in [0.2, 0.25) is 0 Å². The van der Waals surface area contributed by atoms with Gasteiger partial charge in [-0.15, -0.1) is 0 Å². The summed E-state index contributed by atoms with van der Waals surface area (Å²) in [4.78, 5) is 2.18. The van der Waals surface area contributed by atoms with Crippen molar-refractivity contribution in [1.29, 1.82) is 0 Å². The van der Waals surface area contributed by atoms with Crippen LogP contribution in [-0.4, -0.2) is 49.0 Å². The predicted molar refractivity (Wildman–Crippen MR) is 77.1 cm³/mol. The van der Waals surface area contributed by atoms with Crippen LogP contribution in [0.3, 0.4) is 0 Å². The highest BCUT2D eigenvalue weighted by molar-refractivity contribution is 5.46. The Morgan fingerprint density at radius 1 is 1.32 bits per heavy atom. The zero-order valence-electron chi connectivity index (χ0n) is 11.6. The summed E-state index contributed by atoms with van der Waals surface area (Å²) in [5, 5.41) is 10.4. The first-order chi connectivity index (χ1) is 9.09. The zero-order chi connectivity index (χ0) is 13.7. The molecule has 0 bridgehead atoms. The second-order valence-electron chi connectivity index (χ2n) is 5.52. The van der Waals surface area contributed by atoms with E-state index in [1.807, 2.05) is 25.2 Å². The van der Waals surface area contributed by atoms with Crippen LogP contribution in [0.15, 0.2) is 24.3 Å². The largest absolute Gasteiger partial charge is 0.399 e. The lowest BCUT2D eigenvalue weighted by Gasteiger charge is -2.35. The van der Waals surface area contributed by atoms with Gasteiger partial charge >= 0.3 is 0 Å². The molecule has 0 aromatic heterocycles. The van der Waals surface area contributed by atoms with Gasteiger partial charge in [0.25, 0.3) is 0 Å². The van der Waals surface area contributed by atoms with Crippen molar-refractivity contribution in [3.05, 3.63) is 29.8 Å². The average molecular weight is 264 g/mol. The summed E-state index contributed by atoms with van der Waals surface area (Å²) in [6, 6.07) is 7.96. The number of para-hydroxylation sites is 1. The minimum Gasteiger partial charge on any atom is -0.399 e. The monoisotopic (exact) mass is 264 g/mol. The molecule has 1 aromatic carbocycles. The molecular weight excluding hydrogens is 240 g/mol. The van der Waals surface area contributed by atoms with Crippen LogP contribution in [0.2, 0.25) is 0 Å². The topological polar surface area (TPSA) is 58.7 Å². The van der Waals surface area contributed by atoms with Crippen LogP contribution in [0, 0.1) is 0 Å². The number of rotatable bonds is 5. The number of hydrogen-bond donors (Lipinski definition) is 2. The Morgan fingerprint density at radius 2 is 2.00 bits per heavy atom. The van der Waals surface area contributed by atoms with E-state index < -0.39 is 5.60 Å². The fourth-order valence-corrected chi connectivity index (χ4v) is 2.56. The third kappa shape index (κ3) is 4.20. The Hall–Kier alpha value is -1.10. The molecule has 106 valence electrons. The first kappa shape index (κ1) is 14.3. The second kappa shape index (κ2) is 6.37. The van der Waals surface area contributed by atoms with E-state index >= 15 is 0 Å². The molecule has 1 fully saturated rings. The Kier molecular flexibility index (Phi) is 4.80. The molecule has 2 rings (SSSR count). The first-order valence-electron chi connectivity index (χ1n) is 6.91. The number of likely N-dealkylation sites (N-methyl/N-ethyl adjacent to an activating group) is 1. The summed E-state index contributed by atoms with van der Waals surface area (Å²) in [7, 11) is 2.05. The van der Waals surface area contributed by atoms with E-state index in [4.69, 9.17) is 10.5 Å². The predicted octanol–water partition coefficient (Wildman–Crippen LogP) is 1.28. The number of nitrogen functional groups attached to an aromatic ring is 1. The average Bonchev–Trinajstić information content (AvgIpc) is 2.38. The molecule has 1 aromatic rings. The van der Waals surface area contributed by atoms with E-state index in [9.17, 15) is 5.11 Å². The SMILES string of the molecule is CN(CCc1ccccc1N)CC1(O)CCOCC1. The molecule has 0 aliphatic carbocycles. The lowest BCUT2D eigenvalue weighted by Crippen LogP contribution is -2.46. The lowest BCUT2D eigenvalue weighted by atomic mass is 9.94. The summed E-state index contributed by atoms with van der Waals surface area (Å²) in [5.74, 6) is 0. The van der Waals surface area contributed by atoms with E-state index in [1.54, 1.807) is 0 Å². The van der Waals surface area contributed by atoms with Crippen molar-refractivity contribution in [3.8, 4) is 0 Å². The van der Waals surface area contributed by atoms with Crippen LogP contribution in [0.1, 0.15) is 18.4 Å². The summed E-state index contributed by atoms with van der Waals surface area (Å²) in [5.41, 5.74) is 7.37. The highest BCUT2D eigenvalue weighted by Gasteiger charge is 2.30. The smallest absolute Gasteiger partial charge is 0.0817 e. The van der Waals surface area contributed by atoms with E-state index in [2.05, 4.69) is 11.0 Å². The van der Waals surface area contributed by atoms with Gasteiger partial charge in [0.15, 0.2) is 0 Å². The summed E-state index contributed by atoms with van der Waals surface area (Å²) < 4.78 is 5.30. The van der Waals surface area contributed by atoms with Gasteiger partial charge in [-0.1, -0.05) is 18.2 Å². The summed E-state index contributed by atoms with van der Waals surface area (Å²) >= 11 is 0. The fourth-order valence-electron chi connectivity index (χ4n) is 2.56. The van der Waals surface area contributed by atoms with E-state index in [-0.39, 0.29) is 0 Å². The zero-order valence-corrected chi connectivity index (χ0v) is 11.6. The normalized spacial score (nSPS) is 18.7. The molecule has 0 atom stereocenters. The lowest BCUT2D eigenvalue weighted by molar-refractivity contribution is -0.0766. The van der Waals surface area contributed by atoms with Gasteiger partial charge in [-0.05, 0) is 25.1 Å². The Bertz CT molecular complexity index is 403. The van der Waals surface area contributed by atoms with Crippen molar-refractivity contribution < 1.29 is 9.84 Å². The minimum absolute atomic E-state index is 0.588. The molecule has 1 heterocycles. The Balaban J connectivity index is 1.81. The van der Waals surface area contributed by atoms with Crippen LogP contribution in [0.25, 0.3) is 0 Å². The van der Waals surface area contributed by atoms with Crippen LogP contribution >= 0.6 is 0 Å². The van der Waals surface area contributed by atoms with Gasteiger partial charge in [0.1, 0.15) is 0 Å². The maximum Gasteiger partial charge on any atom is 0.0817 e. The fraction of sp³-hybridized carbons (Fsp3) is 0.600. The maximum atomic E-state index is 10.4. The molecule has 1 aliphatic heterocycles. The highest BCUT2D eigenvalue weighted by atomic mass is 16.5. The molecule has 4 heteroatoms. The number of aliphatic hydroxyl groups is 1. The van der Waals surface area contributed by atoms with E-state index in [0.717, 1.165) is 31.5 Å². The van der Waals surface area contributed by atoms with Crippen molar-refractivity contribution in [2.45, 2.75) is 24.9 Å². The van der Waals surface area contributed by atoms with E-state index in [1.165, 1.54) is 5.56 Å². The molecule has 0 saturated carbocycles. The van der Waals surface area contributed by atoms with Gasteiger partial charge in [0.05, 0.1) is 5.60 Å². The van der Waals surface area contributed by atoms with Crippen LogP contribution in [0.5, 0.6) is 0 Å². The number of hydrogen-bond acceptors (Lipinski definition) is 4. The van der Waals surface area contributed by atoms with Crippen molar-refractivity contribution >= 4 is 5.69 Å². The molecular formula is C15H24N2O2. The molecule has 0 unspecified atom stereocenters. The van der Waals surface area contributed by atoms with Gasteiger partial charge in [0, 0.05) is 44.8 Å². The van der Waals surface area contributed by atoms with E-state index in [0.29, 0.717) is 19.8 Å². The number of nitrogens with zero attached hydrogens (tertiary/aromatic N) is 1. The highest BCUT2D eigenvalue weighted by Crippen LogP contribution is 2.21. The minimum atomic E-state index is -0.588. The summed E-state index contributed by atoms with van der Waals surface area (Å²) in [6.45, 7) is 2.92. The van der Waals surface area contributed by atoms with Crippen LogP contribution in [0.4, 0.5) is 5.69 Å². The molecule has 1 saturated heterocycles. The molecule has 0 spiro atoms. The number of ether oxygens (including phenoxy) is 1. The first-order valence-corrected chi connectivity index (χ1v) is 6.91. The maximum absolute atomic E-state index is 10.4. The molecule has 19 heavy (non-hydrogen) atoms. The molecule has 1 aliphatic rings. The van der Waals surface area contributed by atoms with Crippen molar-refractivity contribution in [3.63, 3.8) is 0 Å². The molecule has 3 N–H and O–H groups in total. The Labute approximate surface area is 115 Å². The van der Waals surface area contributed by atoms with Gasteiger partial charge in [-0.25, -0.2) is 0 Å². The third-order valence-electron chi connectivity index (χ3n) is 3.81. The van der Waals surface area contributed by atoms with Crippen molar-refractivity contribution in [1.82, 2.24) is 4.90 Å². The quantitative estimate of drug-likeness (QED) is 0.787. The van der Waals surface area contributed by atoms with Gasteiger partial charge < -0.3 is 20.5 Å². The third-order valence-corrected chi connectivity index (χ3v) is 3.81. The van der Waals surface area contributed by atoms with Crippen molar-refractivity contribution in [2.75, 3.05) is 39.1 Å². The van der Waals surface area contributed by atoms with Crippen molar-refractivity contribution in [2.24, 2.45) is 0 Å². The number of nitrogens with two attached hydrogens (primary N) is 1. The standard InChI is InChI=1S/C15H24N2O2/c1-17(12-15(18)7-10-19-11-8-15)9-6-13-4-2-3-5-14(13)16/h2-5,18H,6-12,16H2,1H3. The second-order valence-corrected chi connectivity index (χ2v) is 5.52. The Morgan fingerprint density at radius 3 is 2.68 bits per heavy atom. The molecule has 4 nitrogen and oxygen atoms in total. The number of anilines is 1. The number of benzene rings is 1. The molecule has 0 radical (unpaired) electrons. The van der Waals surface area contributed by atoms with Gasteiger partial charge in [-0.3, -0.25) is 0 Å².